The number of nitrogens with zero attached hydrogens (tertiary/aromatic N) is 2. The van der Waals surface area contributed by atoms with Gasteiger partial charge in [0.05, 0.1) is 0 Å². The fourth-order valence-electron chi connectivity index (χ4n) is 3.08. The van der Waals surface area contributed by atoms with Crippen molar-refractivity contribution in [1.82, 2.24) is 9.80 Å². The van der Waals surface area contributed by atoms with Crippen LogP contribution in [0.2, 0.25) is 0 Å². The molecule has 0 spiro atoms. The van der Waals surface area contributed by atoms with E-state index >= 15 is 0 Å². The molecule has 0 saturated carbocycles. The van der Waals surface area contributed by atoms with Crippen LogP contribution >= 0.6 is 11.6 Å². The predicted octanol–water partition coefficient (Wildman–Crippen LogP) is 2.71. The minimum Gasteiger partial charge on any atom is -0.303 e. The molecule has 0 radical (unpaired) electrons. The summed E-state index contributed by atoms with van der Waals surface area (Å²) < 4.78 is 0. The molecule has 3 heteroatoms. The Labute approximate surface area is 110 Å². The summed E-state index contributed by atoms with van der Waals surface area (Å²) in [5, 5.41) is 0.899. The number of allylic oxidation sites excluding steroid dienone is 2. The Bertz CT molecular complexity index is 324. The second kappa shape index (κ2) is 5.55. The second-order valence-corrected chi connectivity index (χ2v) is 5.68. The summed E-state index contributed by atoms with van der Waals surface area (Å²) in [5.41, 5.74) is 0. The lowest BCUT2D eigenvalue weighted by atomic mass is 9.86. The Morgan fingerprint density at radius 3 is 3.00 bits per heavy atom. The van der Waals surface area contributed by atoms with Gasteiger partial charge in [0.15, 0.2) is 0 Å². The normalized spacial score (nSPS) is 34.4. The molecule has 0 bridgehead atoms. The monoisotopic (exact) mass is 254 g/mol. The van der Waals surface area contributed by atoms with Crippen LogP contribution in [0.5, 0.6) is 0 Å². The van der Waals surface area contributed by atoms with Gasteiger partial charge in [0, 0.05) is 23.0 Å². The van der Waals surface area contributed by atoms with Gasteiger partial charge in [-0.05, 0) is 46.1 Å². The largest absolute Gasteiger partial charge is 0.303 e. The zero-order chi connectivity index (χ0) is 12.4. The lowest BCUT2D eigenvalue weighted by Crippen LogP contribution is -2.45. The van der Waals surface area contributed by atoms with Crippen molar-refractivity contribution in [3.05, 3.63) is 23.3 Å². The Morgan fingerprint density at radius 1 is 1.53 bits per heavy atom. The number of rotatable bonds is 2. The third kappa shape index (κ3) is 2.75. The van der Waals surface area contributed by atoms with Crippen molar-refractivity contribution in [3.8, 4) is 0 Å². The van der Waals surface area contributed by atoms with Crippen LogP contribution in [-0.2, 0) is 0 Å². The van der Waals surface area contributed by atoms with Crippen LogP contribution in [0.4, 0.5) is 0 Å². The average molecular weight is 255 g/mol. The van der Waals surface area contributed by atoms with E-state index < -0.39 is 0 Å². The molecular weight excluding hydrogens is 232 g/mol. The zero-order valence-corrected chi connectivity index (χ0v) is 11.8. The van der Waals surface area contributed by atoms with E-state index in [1.807, 2.05) is 6.08 Å². The van der Waals surface area contributed by atoms with E-state index in [9.17, 15) is 0 Å². The van der Waals surface area contributed by atoms with Gasteiger partial charge in [-0.2, -0.15) is 0 Å². The molecule has 1 heterocycles. The van der Waals surface area contributed by atoms with Crippen LogP contribution in [0, 0.1) is 5.92 Å². The minimum absolute atomic E-state index is 0.513. The van der Waals surface area contributed by atoms with Gasteiger partial charge < -0.3 is 4.90 Å². The van der Waals surface area contributed by atoms with Gasteiger partial charge >= 0.3 is 0 Å². The van der Waals surface area contributed by atoms with Gasteiger partial charge in [-0.25, -0.2) is 0 Å². The van der Waals surface area contributed by atoms with Crippen molar-refractivity contribution in [2.75, 3.05) is 27.2 Å². The summed E-state index contributed by atoms with van der Waals surface area (Å²) in [7, 11) is 4.45. The van der Waals surface area contributed by atoms with Gasteiger partial charge in [-0.1, -0.05) is 30.7 Å². The molecule has 1 aliphatic heterocycles. The van der Waals surface area contributed by atoms with E-state index in [1.165, 1.54) is 19.4 Å². The highest BCUT2D eigenvalue weighted by atomic mass is 35.5. The van der Waals surface area contributed by atoms with E-state index in [0.717, 1.165) is 11.6 Å². The first-order chi connectivity index (χ1) is 8.13. The maximum Gasteiger partial charge on any atom is 0.0367 e. The molecule has 17 heavy (non-hydrogen) atoms. The third-order valence-electron chi connectivity index (χ3n) is 4.23. The number of hydrogen-bond donors (Lipinski definition) is 0. The molecule has 3 atom stereocenters. The van der Waals surface area contributed by atoms with Crippen molar-refractivity contribution in [3.63, 3.8) is 0 Å². The first-order valence-corrected chi connectivity index (χ1v) is 6.97. The molecule has 3 unspecified atom stereocenters. The minimum atomic E-state index is 0.513. The van der Waals surface area contributed by atoms with Crippen LogP contribution < -0.4 is 0 Å². The fourth-order valence-corrected chi connectivity index (χ4v) is 3.29. The van der Waals surface area contributed by atoms with Gasteiger partial charge in [0.1, 0.15) is 0 Å². The molecule has 1 fully saturated rings. The zero-order valence-electron chi connectivity index (χ0n) is 11.1. The molecule has 2 rings (SSSR count). The molecule has 2 nitrogen and oxygen atoms in total. The van der Waals surface area contributed by atoms with Crippen molar-refractivity contribution < 1.29 is 0 Å². The number of hydrogen-bond acceptors (Lipinski definition) is 2. The molecule has 96 valence electrons. The van der Waals surface area contributed by atoms with Crippen molar-refractivity contribution in [2.45, 2.75) is 31.8 Å². The highest BCUT2D eigenvalue weighted by Crippen LogP contribution is 2.32. The number of halogens is 1. The van der Waals surface area contributed by atoms with Gasteiger partial charge in [0.25, 0.3) is 0 Å². The summed E-state index contributed by atoms with van der Waals surface area (Å²) in [6, 6.07) is 1.13. The van der Waals surface area contributed by atoms with Crippen LogP contribution in [-0.4, -0.2) is 49.1 Å². The molecule has 1 saturated heterocycles. The number of fused-ring (bicyclic) bond motifs is 1. The topological polar surface area (TPSA) is 6.48 Å². The summed E-state index contributed by atoms with van der Waals surface area (Å²) >= 11 is 6.19. The first kappa shape index (κ1) is 13.1. The maximum atomic E-state index is 6.19. The summed E-state index contributed by atoms with van der Waals surface area (Å²) in [6.07, 6.45) is 9.12. The second-order valence-electron chi connectivity index (χ2n) is 5.24. The highest BCUT2D eigenvalue weighted by molar-refractivity contribution is 6.31. The third-order valence-corrected chi connectivity index (χ3v) is 4.48. The Hall–Kier alpha value is -0.310. The molecule has 0 aromatic rings. The molecule has 1 aliphatic carbocycles. The average Bonchev–Trinajstić information content (AvgIpc) is 2.48. The van der Waals surface area contributed by atoms with E-state index in [4.69, 9.17) is 11.6 Å². The lowest BCUT2D eigenvalue weighted by Gasteiger charge is -2.38. The Morgan fingerprint density at radius 2 is 2.29 bits per heavy atom. The van der Waals surface area contributed by atoms with Gasteiger partial charge in [-0.15, -0.1) is 0 Å². The summed E-state index contributed by atoms with van der Waals surface area (Å²) in [6.45, 7) is 4.52. The van der Waals surface area contributed by atoms with Crippen molar-refractivity contribution in [2.24, 2.45) is 5.92 Å². The maximum absolute atomic E-state index is 6.19. The summed E-state index contributed by atoms with van der Waals surface area (Å²) in [4.78, 5) is 4.93. The Kier molecular flexibility index (Phi) is 4.29. The van der Waals surface area contributed by atoms with Crippen molar-refractivity contribution >= 4 is 11.6 Å². The van der Waals surface area contributed by atoms with Crippen molar-refractivity contribution in [1.29, 1.82) is 0 Å². The van der Waals surface area contributed by atoms with E-state index in [-0.39, 0.29) is 0 Å². The van der Waals surface area contributed by atoms with Crippen LogP contribution in [0.1, 0.15) is 19.8 Å². The summed E-state index contributed by atoms with van der Waals surface area (Å²) in [5.74, 6) is 0.532. The first-order valence-electron chi connectivity index (χ1n) is 6.59. The number of likely N-dealkylation sites (tertiary alicyclic amines) is 1. The van der Waals surface area contributed by atoms with Gasteiger partial charge in [0.2, 0.25) is 0 Å². The SMILES string of the molecule is CCN(C)C1CCCN(C)C2C=CC(Cl)=CC21. The molecule has 0 aromatic heterocycles. The fraction of sp³-hybridized carbons (Fsp3) is 0.714. The molecule has 0 N–H and O–H groups in total. The van der Waals surface area contributed by atoms with Gasteiger partial charge in [-0.3, -0.25) is 4.90 Å². The van der Waals surface area contributed by atoms with E-state index in [1.54, 1.807) is 0 Å². The van der Waals surface area contributed by atoms with Crippen LogP contribution in [0.15, 0.2) is 23.3 Å². The number of likely N-dealkylation sites (N-methyl/N-ethyl adjacent to an activating group) is 1. The highest BCUT2D eigenvalue weighted by Gasteiger charge is 2.34. The Balaban J connectivity index is 2.25. The molecule has 0 aromatic carbocycles. The smallest absolute Gasteiger partial charge is 0.0367 e. The molecule has 2 aliphatic rings. The van der Waals surface area contributed by atoms with Crippen LogP contribution in [0.3, 0.4) is 0 Å². The van der Waals surface area contributed by atoms with Crippen LogP contribution in [0.25, 0.3) is 0 Å². The van der Waals surface area contributed by atoms with E-state index in [0.29, 0.717) is 18.0 Å². The molecule has 0 amide bonds. The lowest BCUT2D eigenvalue weighted by molar-refractivity contribution is 0.163. The standard InChI is InChI=1S/C14H23ClN2/c1-4-16(2)13-6-5-9-17(3)14-8-7-11(15)10-12(13)14/h7-8,10,12-14H,4-6,9H2,1-3H3. The predicted molar refractivity (Wildman–Crippen MR) is 74.3 cm³/mol. The quantitative estimate of drug-likeness (QED) is 0.748. The van der Waals surface area contributed by atoms with E-state index in [2.05, 4.69) is 43.0 Å². The molecular formula is C14H23ClN2.